The lowest BCUT2D eigenvalue weighted by atomic mass is 9.93. The van der Waals surface area contributed by atoms with Crippen LogP contribution in [0.4, 0.5) is 13.2 Å². The molecule has 5 nitrogen and oxygen atoms in total. The summed E-state index contributed by atoms with van der Waals surface area (Å²) in [7, 11) is -2.35. The number of sulfonamides is 1. The van der Waals surface area contributed by atoms with Crippen molar-refractivity contribution in [2.75, 3.05) is 33.3 Å². The summed E-state index contributed by atoms with van der Waals surface area (Å²) in [5, 5.41) is 0. The van der Waals surface area contributed by atoms with Crippen molar-refractivity contribution >= 4 is 10.0 Å². The van der Waals surface area contributed by atoms with Crippen molar-refractivity contribution in [1.82, 2.24) is 9.21 Å². The van der Waals surface area contributed by atoms with Gasteiger partial charge in [-0.3, -0.25) is 4.90 Å². The molecule has 0 N–H and O–H groups in total. The number of halogens is 3. The Kier molecular flexibility index (Phi) is 12.0. The van der Waals surface area contributed by atoms with Gasteiger partial charge in [-0.1, -0.05) is 25.0 Å². The van der Waals surface area contributed by atoms with Crippen LogP contribution in [-0.2, 0) is 20.9 Å². The van der Waals surface area contributed by atoms with Crippen molar-refractivity contribution in [3.63, 3.8) is 0 Å². The first-order valence-corrected chi connectivity index (χ1v) is 13.7. The van der Waals surface area contributed by atoms with Gasteiger partial charge < -0.3 is 4.74 Å². The molecule has 1 aliphatic rings. The molecule has 0 atom stereocenters. The Hall–Kier alpha value is -1.68. The Morgan fingerprint density at radius 3 is 2.09 bits per heavy atom. The van der Waals surface area contributed by atoms with Crippen LogP contribution < -0.4 is 0 Å². The van der Waals surface area contributed by atoms with Gasteiger partial charge in [-0.25, -0.2) is 8.42 Å². The van der Waals surface area contributed by atoms with E-state index in [9.17, 15) is 21.6 Å². The maximum absolute atomic E-state index is 12.9. The van der Waals surface area contributed by atoms with E-state index in [2.05, 4.69) is 18.1 Å². The summed E-state index contributed by atoms with van der Waals surface area (Å²) in [5.74, 6) is 0. The number of ether oxygens (including phenoxy) is 1. The molecule has 2 rings (SSSR count). The van der Waals surface area contributed by atoms with Crippen molar-refractivity contribution in [2.24, 2.45) is 0 Å². The molecule has 1 aromatic rings. The molecule has 0 amide bonds. The molecule has 0 spiro atoms. The highest BCUT2D eigenvalue weighted by atomic mass is 32.2. The minimum absolute atomic E-state index is 0.122. The minimum atomic E-state index is -4.50. The van der Waals surface area contributed by atoms with E-state index in [4.69, 9.17) is 4.74 Å². The van der Waals surface area contributed by atoms with Crippen molar-refractivity contribution in [3.05, 3.63) is 55.1 Å². The number of unbranched alkanes of at least 4 members (excludes halogenated alkanes) is 3. The maximum Gasteiger partial charge on any atom is 0.416 e. The summed E-state index contributed by atoms with van der Waals surface area (Å²) in [5.41, 5.74) is -0.862. The van der Waals surface area contributed by atoms with Crippen LogP contribution in [0.15, 0.2) is 54.5 Å². The largest absolute Gasteiger partial charge is 0.416 e. The number of nitrogens with zero attached hydrogens (tertiary/aromatic N) is 2. The summed E-state index contributed by atoms with van der Waals surface area (Å²) in [6.07, 6.45) is 6.74. The van der Waals surface area contributed by atoms with Crippen LogP contribution in [0.2, 0.25) is 0 Å². The SMILES string of the molecule is C=CCN(CC=C)CCCCCCO[C@H]1CC[C@H](N(C)S(=O)(=O)c2ccc(C(F)(F)F)cc2)CC1. The molecular weight excluding hydrogens is 477 g/mol. The predicted octanol–water partition coefficient (Wildman–Crippen LogP) is 5.89. The van der Waals surface area contributed by atoms with Crippen LogP contribution in [0, 0.1) is 0 Å². The van der Waals surface area contributed by atoms with E-state index in [0.29, 0.717) is 19.4 Å². The fourth-order valence-corrected chi connectivity index (χ4v) is 5.83. The van der Waals surface area contributed by atoms with Crippen LogP contribution in [-0.4, -0.2) is 63.1 Å². The molecule has 35 heavy (non-hydrogen) atoms. The average Bonchev–Trinajstić information content (AvgIpc) is 2.83. The molecule has 0 saturated heterocycles. The summed E-state index contributed by atoms with van der Waals surface area (Å²) < 4.78 is 71.4. The van der Waals surface area contributed by atoms with E-state index in [1.54, 1.807) is 0 Å². The molecule has 1 aromatic carbocycles. The molecule has 0 aromatic heterocycles. The summed E-state index contributed by atoms with van der Waals surface area (Å²) >= 11 is 0. The lowest BCUT2D eigenvalue weighted by Gasteiger charge is -2.34. The number of alkyl halides is 3. The molecule has 9 heteroatoms. The zero-order chi connectivity index (χ0) is 25.9. The van der Waals surface area contributed by atoms with Crippen LogP contribution in [0.5, 0.6) is 0 Å². The van der Waals surface area contributed by atoms with Crippen LogP contribution in [0.1, 0.15) is 56.9 Å². The van der Waals surface area contributed by atoms with Gasteiger partial charge in [0.2, 0.25) is 10.0 Å². The lowest BCUT2D eigenvalue weighted by molar-refractivity contribution is -0.137. The third kappa shape index (κ3) is 9.37. The topological polar surface area (TPSA) is 49.9 Å². The van der Waals surface area contributed by atoms with Gasteiger partial charge in [0.15, 0.2) is 0 Å². The minimum Gasteiger partial charge on any atom is -0.378 e. The summed E-state index contributed by atoms with van der Waals surface area (Å²) in [6, 6.07) is 3.49. The van der Waals surface area contributed by atoms with E-state index in [1.165, 1.54) is 11.4 Å². The van der Waals surface area contributed by atoms with E-state index in [-0.39, 0.29) is 17.0 Å². The molecule has 1 saturated carbocycles. The van der Waals surface area contributed by atoms with Crippen LogP contribution in [0.25, 0.3) is 0 Å². The summed E-state index contributed by atoms with van der Waals surface area (Å²) in [4.78, 5) is 2.19. The smallest absolute Gasteiger partial charge is 0.378 e. The quantitative estimate of drug-likeness (QED) is 0.216. The van der Waals surface area contributed by atoms with Crippen molar-refractivity contribution in [1.29, 1.82) is 0 Å². The Labute approximate surface area is 208 Å². The van der Waals surface area contributed by atoms with Crippen LogP contribution >= 0.6 is 0 Å². The van der Waals surface area contributed by atoms with Gasteiger partial charge in [-0.15, -0.1) is 13.2 Å². The van der Waals surface area contributed by atoms with Gasteiger partial charge in [0.1, 0.15) is 0 Å². The molecule has 0 unspecified atom stereocenters. The monoisotopic (exact) mass is 516 g/mol. The third-order valence-corrected chi connectivity index (χ3v) is 8.44. The molecule has 1 aliphatic carbocycles. The number of hydrogen-bond donors (Lipinski definition) is 0. The first-order valence-electron chi connectivity index (χ1n) is 12.3. The van der Waals surface area contributed by atoms with Crippen molar-refractivity contribution < 1.29 is 26.3 Å². The van der Waals surface area contributed by atoms with E-state index in [0.717, 1.165) is 82.4 Å². The number of benzene rings is 1. The molecule has 1 fully saturated rings. The fourth-order valence-electron chi connectivity index (χ4n) is 4.42. The number of hydrogen-bond acceptors (Lipinski definition) is 4. The molecular formula is C26H39F3N2O3S. The van der Waals surface area contributed by atoms with Gasteiger partial charge in [-0.05, 0) is 69.3 Å². The maximum atomic E-state index is 12.9. The molecule has 0 radical (unpaired) electrons. The lowest BCUT2D eigenvalue weighted by Crippen LogP contribution is -2.40. The van der Waals surface area contributed by atoms with E-state index in [1.807, 2.05) is 12.2 Å². The standard InChI is InChI=1S/C26H39F3N2O3S/c1-4-18-31(19-5-2)20-8-6-7-9-21-34-24-14-12-23(13-15-24)30(3)35(32,33)25-16-10-22(11-17-25)26(27,28)29/h4-5,10-11,16-17,23-24H,1-2,6-9,12-15,18-21H2,3H3/t23-,24-. The zero-order valence-electron chi connectivity index (χ0n) is 20.7. The van der Waals surface area contributed by atoms with E-state index < -0.39 is 21.8 Å². The highest BCUT2D eigenvalue weighted by Gasteiger charge is 2.34. The first-order chi connectivity index (χ1) is 16.6. The second kappa shape index (κ2) is 14.2. The Bertz CT molecular complexity index is 870. The molecule has 0 heterocycles. The average molecular weight is 517 g/mol. The van der Waals surface area contributed by atoms with Crippen molar-refractivity contribution in [2.45, 2.75) is 74.6 Å². The molecule has 0 aliphatic heterocycles. The second-order valence-electron chi connectivity index (χ2n) is 9.10. The van der Waals surface area contributed by atoms with Gasteiger partial charge >= 0.3 is 6.18 Å². The normalized spacial score (nSPS) is 19.3. The van der Waals surface area contributed by atoms with Crippen molar-refractivity contribution in [3.8, 4) is 0 Å². The van der Waals surface area contributed by atoms with Gasteiger partial charge in [-0.2, -0.15) is 17.5 Å². The van der Waals surface area contributed by atoms with Crippen LogP contribution in [0.3, 0.4) is 0 Å². The van der Waals surface area contributed by atoms with E-state index >= 15 is 0 Å². The fraction of sp³-hybridized carbons (Fsp3) is 0.615. The first kappa shape index (κ1) is 29.5. The zero-order valence-corrected chi connectivity index (χ0v) is 21.5. The Balaban J connectivity index is 1.68. The molecule has 198 valence electrons. The molecule has 0 bridgehead atoms. The van der Waals surface area contributed by atoms with Gasteiger partial charge in [0, 0.05) is 32.8 Å². The summed E-state index contributed by atoms with van der Waals surface area (Å²) in [6.45, 7) is 11.1. The Morgan fingerprint density at radius 1 is 0.971 bits per heavy atom. The predicted molar refractivity (Wildman–Crippen MR) is 134 cm³/mol. The van der Waals surface area contributed by atoms with Gasteiger partial charge in [0.25, 0.3) is 0 Å². The Morgan fingerprint density at radius 2 is 1.54 bits per heavy atom. The third-order valence-electron chi connectivity index (χ3n) is 6.51. The number of rotatable bonds is 15. The van der Waals surface area contributed by atoms with Gasteiger partial charge in [0.05, 0.1) is 16.6 Å². The highest BCUT2D eigenvalue weighted by molar-refractivity contribution is 7.89. The highest BCUT2D eigenvalue weighted by Crippen LogP contribution is 2.32. The second-order valence-corrected chi connectivity index (χ2v) is 11.1.